The number of aryl methyl sites for hydroxylation is 1. The first-order valence-electron chi connectivity index (χ1n) is 9.92. The van der Waals surface area contributed by atoms with Gasteiger partial charge in [0.2, 0.25) is 0 Å². The first-order valence-corrected chi connectivity index (χ1v) is 9.92. The highest BCUT2D eigenvalue weighted by Crippen LogP contribution is 2.32. The van der Waals surface area contributed by atoms with E-state index < -0.39 is 5.79 Å². The number of carbonyl (C=O) groups is 1. The molecule has 0 N–H and O–H groups in total. The van der Waals surface area contributed by atoms with Crippen LogP contribution in [-0.4, -0.2) is 52.7 Å². The highest BCUT2D eigenvalue weighted by molar-refractivity contribution is 5.94. The predicted octanol–water partition coefficient (Wildman–Crippen LogP) is 3.42. The Bertz CT molecular complexity index is 1010. The van der Waals surface area contributed by atoms with Crippen LogP contribution in [0.25, 0.3) is 17.1 Å². The number of rotatable bonds is 3. The fourth-order valence-electron chi connectivity index (χ4n) is 4.03. The van der Waals surface area contributed by atoms with Crippen molar-refractivity contribution in [3.63, 3.8) is 0 Å². The van der Waals surface area contributed by atoms with Crippen molar-refractivity contribution in [1.29, 1.82) is 0 Å². The predicted molar refractivity (Wildman–Crippen MR) is 106 cm³/mol. The third-order valence-corrected chi connectivity index (χ3v) is 5.57. The zero-order chi connectivity index (χ0) is 19.8. The standard InChI is InChI=1S/C22H23N3O4/c1-16-4-2-5-17(14-16)25-19(15-18(23-25)20-6-3-11-27-20)21(26)24-9-7-22(8-10-24)28-12-13-29-22/h2-6,11,14-15H,7-10,12-13H2,1H3. The Morgan fingerprint density at radius 1 is 1.07 bits per heavy atom. The number of likely N-dealkylation sites (tertiary alicyclic amines) is 1. The smallest absolute Gasteiger partial charge is 0.272 e. The molecule has 3 aromatic rings. The fourth-order valence-corrected chi connectivity index (χ4v) is 4.03. The van der Waals surface area contributed by atoms with Crippen LogP contribution in [0.15, 0.2) is 53.1 Å². The number of benzene rings is 1. The summed E-state index contributed by atoms with van der Waals surface area (Å²) < 4.78 is 18.8. The molecule has 5 rings (SSSR count). The van der Waals surface area contributed by atoms with E-state index in [1.807, 2.05) is 48.2 Å². The van der Waals surface area contributed by atoms with Gasteiger partial charge >= 0.3 is 0 Å². The van der Waals surface area contributed by atoms with Gasteiger partial charge in [-0.05, 0) is 36.8 Å². The van der Waals surface area contributed by atoms with Crippen LogP contribution in [0.2, 0.25) is 0 Å². The minimum atomic E-state index is -0.507. The molecule has 7 heteroatoms. The van der Waals surface area contributed by atoms with Crippen LogP contribution >= 0.6 is 0 Å². The summed E-state index contributed by atoms with van der Waals surface area (Å²) in [5.74, 6) is 0.0767. The van der Waals surface area contributed by atoms with E-state index in [9.17, 15) is 4.79 Å². The maximum Gasteiger partial charge on any atom is 0.272 e. The average Bonchev–Trinajstić information content (AvgIpc) is 3.49. The largest absolute Gasteiger partial charge is 0.463 e. The number of carbonyl (C=O) groups excluding carboxylic acids is 1. The van der Waals surface area contributed by atoms with Crippen LogP contribution in [-0.2, 0) is 9.47 Å². The van der Waals surface area contributed by atoms with Crippen molar-refractivity contribution in [2.24, 2.45) is 0 Å². The van der Waals surface area contributed by atoms with Crippen molar-refractivity contribution in [2.75, 3.05) is 26.3 Å². The van der Waals surface area contributed by atoms with Gasteiger partial charge in [0.25, 0.3) is 5.91 Å². The van der Waals surface area contributed by atoms with Gasteiger partial charge in [0.15, 0.2) is 11.5 Å². The molecule has 150 valence electrons. The lowest BCUT2D eigenvalue weighted by atomic mass is 10.0. The molecular weight excluding hydrogens is 370 g/mol. The number of nitrogens with zero attached hydrogens (tertiary/aromatic N) is 3. The van der Waals surface area contributed by atoms with Crippen molar-refractivity contribution < 1.29 is 18.7 Å². The van der Waals surface area contributed by atoms with Crippen molar-refractivity contribution in [1.82, 2.24) is 14.7 Å². The van der Waals surface area contributed by atoms with E-state index in [2.05, 4.69) is 5.10 Å². The Labute approximate surface area is 168 Å². The van der Waals surface area contributed by atoms with E-state index in [1.165, 1.54) is 0 Å². The molecule has 2 fully saturated rings. The summed E-state index contributed by atoms with van der Waals surface area (Å²) in [6.45, 7) is 4.45. The van der Waals surface area contributed by atoms with E-state index in [-0.39, 0.29) is 5.91 Å². The third kappa shape index (κ3) is 3.36. The monoisotopic (exact) mass is 393 g/mol. The van der Waals surface area contributed by atoms with Crippen LogP contribution in [0.3, 0.4) is 0 Å². The maximum absolute atomic E-state index is 13.4. The number of ether oxygens (including phenoxy) is 2. The summed E-state index contributed by atoms with van der Waals surface area (Å²) >= 11 is 0. The summed E-state index contributed by atoms with van der Waals surface area (Å²) in [7, 11) is 0. The van der Waals surface area contributed by atoms with Gasteiger partial charge in [-0.2, -0.15) is 5.10 Å². The van der Waals surface area contributed by atoms with Gasteiger partial charge in [-0.3, -0.25) is 4.79 Å². The van der Waals surface area contributed by atoms with Crippen LogP contribution in [0, 0.1) is 6.92 Å². The quantitative estimate of drug-likeness (QED) is 0.682. The molecule has 1 spiro atoms. The third-order valence-electron chi connectivity index (χ3n) is 5.57. The second kappa shape index (κ2) is 7.17. The van der Waals surface area contributed by atoms with Gasteiger partial charge in [0.1, 0.15) is 11.4 Å². The van der Waals surface area contributed by atoms with Gasteiger partial charge < -0.3 is 18.8 Å². The molecule has 7 nitrogen and oxygen atoms in total. The zero-order valence-electron chi connectivity index (χ0n) is 16.3. The van der Waals surface area contributed by atoms with Crippen LogP contribution < -0.4 is 0 Å². The van der Waals surface area contributed by atoms with Gasteiger partial charge in [0, 0.05) is 32.0 Å². The Hall–Kier alpha value is -2.90. The molecule has 0 saturated carbocycles. The molecule has 0 radical (unpaired) electrons. The minimum absolute atomic E-state index is 0.0512. The molecule has 0 unspecified atom stereocenters. The lowest BCUT2D eigenvalue weighted by molar-refractivity contribution is -0.181. The molecule has 2 aliphatic rings. The molecule has 2 saturated heterocycles. The number of hydrogen-bond donors (Lipinski definition) is 0. The van der Waals surface area contributed by atoms with Gasteiger partial charge in [-0.1, -0.05) is 12.1 Å². The topological polar surface area (TPSA) is 69.7 Å². The Morgan fingerprint density at radius 3 is 2.55 bits per heavy atom. The summed E-state index contributed by atoms with van der Waals surface area (Å²) in [4.78, 5) is 15.3. The first-order chi connectivity index (χ1) is 14.1. The molecule has 2 aliphatic heterocycles. The van der Waals surface area contributed by atoms with Crippen molar-refractivity contribution in [3.05, 3.63) is 60.0 Å². The summed E-state index contributed by atoms with van der Waals surface area (Å²) in [5, 5.41) is 4.68. The lowest BCUT2D eigenvalue weighted by Gasteiger charge is -2.37. The molecule has 0 bridgehead atoms. The van der Waals surface area contributed by atoms with Gasteiger partial charge in [-0.15, -0.1) is 0 Å². The van der Waals surface area contributed by atoms with Gasteiger partial charge in [0.05, 0.1) is 25.2 Å². The van der Waals surface area contributed by atoms with E-state index in [4.69, 9.17) is 13.9 Å². The molecule has 4 heterocycles. The first kappa shape index (κ1) is 18.1. The number of piperidine rings is 1. The minimum Gasteiger partial charge on any atom is -0.463 e. The SMILES string of the molecule is Cc1cccc(-n2nc(-c3ccco3)cc2C(=O)N2CCC3(CC2)OCCO3)c1. The Morgan fingerprint density at radius 2 is 1.86 bits per heavy atom. The van der Waals surface area contributed by atoms with E-state index in [1.54, 1.807) is 17.0 Å². The number of amides is 1. The average molecular weight is 393 g/mol. The number of furan rings is 1. The van der Waals surface area contributed by atoms with E-state index in [0.29, 0.717) is 56.3 Å². The summed E-state index contributed by atoms with van der Waals surface area (Å²) in [6.07, 6.45) is 2.97. The molecular formula is C22H23N3O4. The molecule has 29 heavy (non-hydrogen) atoms. The Kier molecular flexibility index (Phi) is 4.49. The summed E-state index contributed by atoms with van der Waals surface area (Å²) in [5.41, 5.74) is 3.11. The highest BCUT2D eigenvalue weighted by Gasteiger charge is 2.41. The second-order valence-electron chi connectivity index (χ2n) is 7.54. The van der Waals surface area contributed by atoms with Crippen molar-refractivity contribution >= 4 is 5.91 Å². The van der Waals surface area contributed by atoms with E-state index >= 15 is 0 Å². The number of hydrogen-bond acceptors (Lipinski definition) is 5. The van der Waals surface area contributed by atoms with Crippen LogP contribution in [0.5, 0.6) is 0 Å². The Balaban J connectivity index is 1.47. The van der Waals surface area contributed by atoms with E-state index in [0.717, 1.165) is 11.3 Å². The van der Waals surface area contributed by atoms with Crippen LogP contribution in [0.1, 0.15) is 28.9 Å². The number of aromatic nitrogens is 2. The molecule has 2 aromatic heterocycles. The van der Waals surface area contributed by atoms with Crippen LogP contribution in [0.4, 0.5) is 0 Å². The highest BCUT2D eigenvalue weighted by atomic mass is 16.7. The van der Waals surface area contributed by atoms with Gasteiger partial charge in [-0.25, -0.2) is 4.68 Å². The molecule has 0 aliphatic carbocycles. The fraction of sp³-hybridized carbons (Fsp3) is 0.364. The zero-order valence-corrected chi connectivity index (χ0v) is 16.3. The second-order valence-corrected chi connectivity index (χ2v) is 7.54. The molecule has 1 aromatic carbocycles. The maximum atomic E-state index is 13.4. The van der Waals surface area contributed by atoms with Crippen molar-refractivity contribution in [3.8, 4) is 17.1 Å². The van der Waals surface area contributed by atoms with Crippen molar-refractivity contribution in [2.45, 2.75) is 25.6 Å². The summed E-state index contributed by atoms with van der Waals surface area (Å²) in [6, 6.07) is 13.4. The lowest BCUT2D eigenvalue weighted by Crippen LogP contribution is -2.47. The normalized spacial score (nSPS) is 18.4. The molecule has 0 atom stereocenters. The molecule has 1 amide bonds.